The fourth-order valence-corrected chi connectivity index (χ4v) is 6.40. The van der Waals surface area contributed by atoms with Gasteiger partial charge in [0.15, 0.2) is 0 Å². The number of aryl methyl sites for hydroxylation is 2. The van der Waals surface area contributed by atoms with Crippen molar-refractivity contribution in [2.24, 2.45) is 13.0 Å². The predicted octanol–water partition coefficient (Wildman–Crippen LogP) is 5.23. The van der Waals surface area contributed by atoms with E-state index in [1.54, 1.807) is 33.0 Å². The number of nitrogens with one attached hydrogen (secondary N) is 2. The molecule has 2 aromatic carbocycles. The van der Waals surface area contributed by atoms with Gasteiger partial charge in [-0.1, -0.05) is 30.5 Å². The molecule has 1 aliphatic carbocycles. The van der Waals surface area contributed by atoms with E-state index >= 15 is 0 Å². The largest absolute Gasteiger partial charge is 0.426 e. The molecular weight excluding hydrogens is 554 g/mol. The minimum absolute atomic E-state index is 0.133. The average Bonchev–Trinajstić information content (AvgIpc) is 3.58. The number of hydroxylamine groups is 2. The third-order valence-electron chi connectivity index (χ3n) is 8.64. The lowest BCUT2D eigenvalue weighted by Crippen LogP contribution is -2.49. The maximum Gasteiger partial charge on any atom is 0.426 e. The minimum atomic E-state index is -0.460. The van der Waals surface area contributed by atoms with E-state index in [1.807, 2.05) is 38.2 Å². The van der Waals surface area contributed by atoms with E-state index in [0.717, 1.165) is 72.5 Å². The maximum atomic E-state index is 13.8. The zero-order valence-electron chi connectivity index (χ0n) is 24.2. The van der Waals surface area contributed by atoms with E-state index in [0.29, 0.717) is 23.7 Å². The van der Waals surface area contributed by atoms with Gasteiger partial charge in [-0.05, 0) is 67.1 Å². The molecular formula is C31H38ClN7O3. The Morgan fingerprint density at radius 2 is 1.88 bits per heavy atom. The van der Waals surface area contributed by atoms with E-state index in [9.17, 15) is 9.59 Å². The minimum Gasteiger partial charge on any atom is -0.351 e. The fraction of sp³-hybridized carbons (Fsp3) is 0.452. The van der Waals surface area contributed by atoms with Gasteiger partial charge in [0, 0.05) is 62.5 Å². The molecule has 2 N–H and O–H groups in total. The molecule has 0 radical (unpaired) electrons. The molecule has 0 bridgehead atoms. The van der Waals surface area contributed by atoms with Crippen LogP contribution in [-0.2, 0) is 25.0 Å². The molecule has 0 spiro atoms. The highest BCUT2D eigenvalue weighted by atomic mass is 35.5. The molecule has 1 aromatic heterocycles. The summed E-state index contributed by atoms with van der Waals surface area (Å²) in [6.45, 7) is 7.07. The summed E-state index contributed by atoms with van der Waals surface area (Å²) in [6.07, 6.45) is 6.72. The second-order valence-corrected chi connectivity index (χ2v) is 12.0. The number of carbonyl (C=O) groups is 2. The van der Waals surface area contributed by atoms with Crippen LogP contribution in [0.1, 0.15) is 52.7 Å². The van der Waals surface area contributed by atoms with Gasteiger partial charge in [0.05, 0.1) is 24.1 Å². The Morgan fingerprint density at radius 3 is 2.64 bits per heavy atom. The number of aromatic nitrogens is 2. The van der Waals surface area contributed by atoms with Crippen molar-refractivity contribution in [2.45, 2.75) is 45.7 Å². The second kappa shape index (κ2) is 12.3. The number of fused-ring (bicyclic) bond motifs is 2. The molecule has 6 rings (SSSR count). The number of hydrogen-bond acceptors (Lipinski definition) is 7. The van der Waals surface area contributed by atoms with Crippen molar-refractivity contribution in [1.29, 1.82) is 0 Å². The van der Waals surface area contributed by atoms with Gasteiger partial charge in [0.1, 0.15) is 5.82 Å². The number of nitrogens with zero attached hydrogens (tertiary/aromatic N) is 5. The first-order chi connectivity index (χ1) is 20.3. The number of anilines is 3. The summed E-state index contributed by atoms with van der Waals surface area (Å²) in [5.74, 6) is 1.52. The lowest BCUT2D eigenvalue weighted by Gasteiger charge is -2.34. The molecule has 10 nitrogen and oxygen atoms in total. The summed E-state index contributed by atoms with van der Waals surface area (Å²) in [7, 11) is 1.86. The molecule has 1 saturated carbocycles. The molecule has 1 saturated heterocycles. The Labute approximate surface area is 251 Å². The highest BCUT2D eigenvalue weighted by molar-refractivity contribution is 6.31. The van der Waals surface area contributed by atoms with Gasteiger partial charge in [0.2, 0.25) is 0 Å². The number of benzene rings is 2. The van der Waals surface area contributed by atoms with Gasteiger partial charge >= 0.3 is 6.09 Å². The quantitative estimate of drug-likeness (QED) is 0.405. The molecule has 3 aliphatic rings. The van der Waals surface area contributed by atoms with Crippen LogP contribution in [0.15, 0.2) is 42.6 Å². The predicted molar refractivity (Wildman–Crippen MR) is 163 cm³/mol. The zero-order chi connectivity index (χ0) is 29.2. The van der Waals surface area contributed by atoms with Crippen molar-refractivity contribution in [3.63, 3.8) is 0 Å². The standard InChI is InChI=1S/C31H38ClN7O3/c1-21-15-23(30(40)39-20-25-18-34-36(2)29(25)35-27-16-26(32)9-10-28(27)39)7-8-24(21)17-33-31(41)42-38-13-11-37(12-14-38)19-22-5-3-4-6-22/h7-10,15-16,18,22,35H,3-6,11-14,17,19-20H2,1-2H3,(H,33,41). The van der Waals surface area contributed by atoms with Crippen LogP contribution >= 0.6 is 11.6 Å². The van der Waals surface area contributed by atoms with Gasteiger partial charge in [-0.25, -0.2) is 4.79 Å². The molecule has 2 amide bonds. The van der Waals surface area contributed by atoms with Crippen LogP contribution in [0, 0.1) is 12.8 Å². The molecule has 3 aromatic rings. The lowest BCUT2D eigenvalue weighted by atomic mass is 10.0. The summed E-state index contributed by atoms with van der Waals surface area (Å²) in [6, 6.07) is 11.0. The van der Waals surface area contributed by atoms with E-state index in [4.69, 9.17) is 16.4 Å². The van der Waals surface area contributed by atoms with Crippen LogP contribution in [0.3, 0.4) is 0 Å². The highest BCUT2D eigenvalue weighted by Gasteiger charge is 2.28. The van der Waals surface area contributed by atoms with Crippen LogP contribution in [0.2, 0.25) is 5.02 Å². The van der Waals surface area contributed by atoms with Gasteiger partial charge < -0.3 is 25.3 Å². The topological polar surface area (TPSA) is 95.0 Å². The molecule has 222 valence electrons. The number of rotatable bonds is 6. The highest BCUT2D eigenvalue weighted by Crippen LogP contribution is 2.38. The average molecular weight is 592 g/mol. The smallest absolute Gasteiger partial charge is 0.351 e. The Kier molecular flexibility index (Phi) is 8.37. The summed E-state index contributed by atoms with van der Waals surface area (Å²) >= 11 is 6.28. The van der Waals surface area contributed by atoms with Crippen molar-refractivity contribution >= 4 is 40.8 Å². The summed E-state index contributed by atoms with van der Waals surface area (Å²) in [5, 5.41) is 12.9. The van der Waals surface area contributed by atoms with Crippen molar-refractivity contribution in [1.82, 2.24) is 25.1 Å². The van der Waals surface area contributed by atoms with Gasteiger partial charge in [0.25, 0.3) is 5.91 Å². The first-order valence-electron chi connectivity index (χ1n) is 14.8. The number of hydrogen-bond donors (Lipinski definition) is 2. The monoisotopic (exact) mass is 591 g/mol. The molecule has 0 atom stereocenters. The van der Waals surface area contributed by atoms with Crippen molar-refractivity contribution in [3.05, 3.63) is 69.9 Å². The van der Waals surface area contributed by atoms with Crippen LogP contribution in [0.25, 0.3) is 0 Å². The normalized spacial score (nSPS) is 17.7. The number of carbonyl (C=O) groups excluding carboxylic acids is 2. The van der Waals surface area contributed by atoms with Crippen LogP contribution in [0.4, 0.5) is 22.0 Å². The molecule has 11 heteroatoms. The van der Waals surface area contributed by atoms with Crippen molar-refractivity contribution < 1.29 is 14.4 Å². The molecule has 2 fully saturated rings. The van der Waals surface area contributed by atoms with E-state index < -0.39 is 6.09 Å². The van der Waals surface area contributed by atoms with Crippen molar-refractivity contribution in [2.75, 3.05) is 42.9 Å². The Bertz CT molecular complexity index is 1460. The van der Waals surface area contributed by atoms with E-state index in [2.05, 4.69) is 20.6 Å². The SMILES string of the molecule is Cc1cc(C(=O)N2Cc3cnn(C)c3Nc3cc(Cl)ccc32)ccc1CNC(=O)ON1CCN(CC2CCCC2)CC1. The fourth-order valence-electron chi connectivity index (χ4n) is 6.23. The molecule has 0 unspecified atom stereocenters. The van der Waals surface area contributed by atoms with Gasteiger partial charge in [-0.15, -0.1) is 5.06 Å². The number of piperazine rings is 1. The van der Waals surface area contributed by atoms with E-state index in [-0.39, 0.29) is 5.91 Å². The van der Waals surface area contributed by atoms with E-state index in [1.165, 1.54) is 25.7 Å². The zero-order valence-corrected chi connectivity index (χ0v) is 25.0. The lowest BCUT2D eigenvalue weighted by molar-refractivity contribution is -0.124. The van der Waals surface area contributed by atoms with Crippen LogP contribution in [0.5, 0.6) is 0 Å². The van der Waals surface area contributed by atoms with Gasteiger partial charge in [-0.3, -0.25) is 9.48 Å². The third-order valence-corrected chi connectivity index (χ3v) is 8.87. The summed E-state index contributed by atoms with van der Waals surface area (Å²) in [5.41, 5.74) is 4.78. The second-order valence-electron chi connectivity index (χ2n) is 11.6. The van der Waals surface area contributed by atoms with Crippen molar-refractivity contribution in [3.8, 4) is 0 Å². The molecule has 2 aliphatic heterocycles. The Balaban J connectivity index is 1.06. The first kappa shape index (κ1) is 28.5. The summed E-state index contributed by atoms with van der Waals surface area (Å²) < 4.78 is 1.75. The Morgan fingerprint density at radius 1 is 1.10 bits per heavy atom. The molecule has 42 heavy (non-hydrogen) atoms. The third kappa shape index (κ3) is 6.25. The number of halogens is 1. The van der Waals surface area contributed by atoms with Crippen LogP contribution < -0.4 is 15.5 Å². The summed E-state index contributed by atoms with van der Waals surface area (Å²) in [4.78, 5) is 36.2. The maximum absolute atomic E-state index is 13.8. The van der Waals surface area contributed by atoms with Crippen LogP contribution in [-0.4, -0.2) is 64.5 Å². The van der Waals surface area contributed by atoms with Gasteiger partial charge in [-0.2, -0.15) is 5.10 Å². The molecule has 3 heterocycles. The number of amides is 2. The Hall–Kier alpha value is -3.60. The first-order valence-corrected chi connectivity index (χ1v) is 15.1.